The molecule has 0 saturated heterocycles. The van der Waals surface area contributed by atoms with Gasteiger partial charge in [0.05, 0.1) is 23.3 Å². The minimum absolute atomic E-state index is 0.109. The summed E-state index contributed by atoms with van der Waals surface area (Å²) in [6.07, 6.45) is -0.815. The fourth-order valence-electron chi connectivity index (χ4n) is 1.96. The summed E-state index contributed by atoms with van der Waals surface area (Å²) in [5.74, 6) is -0.399. The van der Waals surface area contributed by atoms with Crippen molar-refractivity contribution < 1.29 is 28.3 Å². The van der Waals surface area contributed by atoms with E-state index in [1.807, 2.05) is 13.8 Å². The van der Waals surface area contributed by atoms with Crippen LogP contribution in [0.1, 0.15) is 26.7 Å². The molecule has 0 saturated carbocycles. The predicted octanol–water partition coefficient (Wildman–Crippen LogP) is -1.06. The molecule has 3 N–H and O–H groups in total. The predicted molar refractivity (Wildman–Crippen MR) is 69.3 cm³/mol. The smallest absolute Gasteiger partial charge is 0.108 e. The summed E-state index contributed by atoms with van der Waals surface area (Å²) < 4.78 is 31.6. The highest BCUT2D eigenvalue weighted by Gasteiger charge is 2.25. The van der Waals surface area contributed by atoms with Crippen molar-refractivity contribution in [1.82, 2.24) is 4.90 Å². The highest BCUT2D eigenvalue weighted by molar-refractivity contribution is 7.85. The van der Waals surface area contributed by atoms with Crippen LogP contribution >= 0.6 is 0 Å². The Morgan fingerprint density at radius 3 is 2.21 bits per heavy atom. The molecule has 0 fully saturated rings. The second-order valence-electron chi connectivity index (χ2n) is 4.96. The number of aliphatic hydroxyl groups is 3. The number of hydrogen-bond donors (Lipinski definition) is 3. The molecule has 0 amide bonds. The highest BCUT2D eigenvalue weighted by atomic mass is 32.2. The zero-order valence-electron chi connectivity index (χ0n) is 11.4. The van der Waals surface area contributed by atoms with Gasteiger partial charge in [0.25, 0.3) is 0 Å². The molecular formula is C11H24NO6S-. The van der Waals surface area contributed by atoms with Crippen molar-refractivity contribution in [2.24, 2.45) is 5.92 Å². The largest absolute Gasteiger partial charge is 0.748 e. The van der Waals surface area contributed by atoms with Crippen molar-refractivity contribution in [1.29, 1.82) is 0 Å². The Morgan fingerprint density at radius 2 is 1.84 bits per heavy atom. The van der Waals surface area contributed by atoms with Gasteiger partial charge in [0.2, 0.25) is 0 Å². The van der Waals surface area contributed by atoms with Crippen LogP contribution in [0.25, 0.3) is 0 Å². The van der Waals surface area contributed by atoms with Crippen molar-refractivity contribution in [3.8, 4) is 0 Å². The fourth-order valence-corrected chi connectivity index (χ4v) is 2.46. The van der Waals surface area contributed by atoms with E-state index in [0.717, 1.165) is 0 Å². The number of hydrogen-bond acceptors (Lipinski definition) is 7. The Bertz CT molecular complexity index is 332. The van der Waals surface area contributed by atoms with Gasteiger partial charge in [-0.2, -0.15) is 0 Å². The van der Waals surface area contributed by atoms with Crippen LogP contribution < -0.4 is 0 Å². The van der Waals surface area contributed by atoms with Crippen molar-refractivity contribution in [2.75, 3.05) is 25.5 Å². The van der Waals surface area contributed by atoms with Crippen LogP contribution in [0.3, 0.4) is 0 Å². The molecule has 8 heteroatoms. The van der Waals surface area contributed by atoms with Gasteiger partial charge in [-0.15, -0.1) is 0 Å². The maximum Gasteiger partial charge on any atom is 0.108 e. The van der Waals surface area contributed by atoms with Crippen LogP contribution in [0, 0.1) is 5.92 Å². The summed E-state index contributed by atoms with van der Waals surface area (Å²) in [7, 11) is -4.38. The molecular weight excluding hydrogens is 274 g/mol. The van der Waals surface area contributed by atoms with E-state index in [0.29, 0.717) is 6.42 Å². The molecule has 0 aliphatic rings. The van der Waals surface area contributed by atoms with E-state index >= 15 is 0 Å². The third-order valence-corrected chi connectivity index (χ3v) is 3.53. The highest BCUT2D eigenvalue weighted by Crippen LogP contribution is 2.15. The summed E-state index contributed by atoms with van der Waals surface area (Å²) >= 11 is 0. The first-order chi connectivity index (χ1) is 8.71. The third kappa shape index (κ3) is 8.51. The van der Waals surface area contributed by atoms with Crippen LogP contribution in [0.2, 0.25) is 0 Å². The Balaban J connectivity index is 4.66. The van der Waals surface area contributed by atoms with E-state index in [1.165, 1.54) is 4.90 Å². The minimum atomic E-state index is -4.38. The van der Waals surface area contributed by atoms with Gasteiger partial charge >= 0.3 is 0 Å². The molecule has 7 nitrogen and oxygen atoms in total. The molecule has 0 aromatic carbocycles. The Labute approximate surface area is 114 Å². The van der Waals surface area contributed by atoms with Gasteiger partial charge in [-0.25, -0.2) is 8.42 Å². The molecule has 0 aromatic rings. The van der Waals surface area contributed by atoms with Gasteiger partial charge in [0.15, 0.2) is 0 Å². The second-order valence-corrected chi connectivity index (χ2v) is 6.48. The Kier molecular flexibility index (Phi) is 8.71. The fraction of sp³-hybridized carbons (Fsp3) is 1.00. The van der Waals surface area contributed by atoms with Crippen LogP contribution in [0.5, 0.6) is 0 Å². The van der Waals surface area contributed by atoms with Gasteiger partial charge < -0.3 is 19.9 Å². The lowest BCUT2D eigenvalue weighted by atomic mass is 10.0. The molecule has 0 radical (unpaired) electrons. The lowest BCUT2D eigenvalue weighted by Gasteiger charge is -2.35. The first kappa shape index (κ1) is 18.8. The van der Waals surface area contributed by atoms with Gasteiger partial charge in [-0.3, -0.25) is 4.90 Å². The molecule has 2 atom stereocenters. The molecule has 0 bridgehead atoms. The molecule has 0 aliphatic heterocycles. The number of rotatable bonds is 10. The second kappa shape index (κ2) is 8.83. The van der Waals surface area contributed by atoms with E-state index in [9.17, 15) is 23.2 Å². The monoisotopic (exact) mass is 298 g/mol. The Morgan fingerprint density at radius 1 is 1.26 bits per heavy atom. The zero-order chi connectivity index (χ0) is 15.1. The average Bonchev–Trinajstić information content (AvgIpc) is 2.29. The lowest BCUT2D eigenvalue weighted by Crippen LogP contribution is -2.47. The van der Waals surface area contributed by atoms with Crippen LogP contribution in [0.15, 0.2) is 0 Å². The molecule has 0 spiro atoms. The standard InChI is InChI=1S/C11H25NO6S/c1-9(2)7-10(8-14)12(4-5-13)11(15)3-6-19(16,17)18/h9-11,13-15H,3-8H2,1-2H3,(H,16,17,18)/p-1. The van der Waals surface area contributed by atoms with E-state index < -0.39 is 22.1 Å². The molecule has 0 aliphatic carbocycles. The lowest BCUT2D eigenvalue weighted by molar-refractivity contribution is -0.0528. The maximum atomic E-state index is 10.5. The number of nitrogens with zero attached hydrogens (tertiary/aromatic N) is 1. The molecule has 19 heavy (non-hydrogen) atoms. The number of aliphatic hydroxyl groups excluding tert-OH is 3. The topological polar surface area (TPSA) is 121 Å². The summed E-state index contributed by atoms with van der Waals surface area (Å²) in [4.78, 5) is 1.44. The molecule has 0 rings (SSSR count). The van der Waals surface area contributed by atoms with Gasteiger partial charge in [-0.1, -0.05) is 13.8 Å². The van der Waals surface area contributed by atoms with Crippen molar-refractivity contribution in [3.05, 3.63) is 0 Å². The van der Waals surface area contributed by atoms with Crippen molar-refractivity contribution in [3.63, 3.8) is 0 Å². The first-order valence-electron chi connectivity index (χ1n) is 6.30. The Hall–Kier alpha value is -0.250. The summed E-state index contributed by atoms with van der Waals surface area (Å²) in [6.45, 7) is 3.58. The van der Waals surface area contributed by atoms with Crippen LogP contribution in [-0.4, -0.2) is 71.0 Å². The molecule has 2 unspecified atom stereocenters. The summed E-state index contributed by atoms with van der Waals surface area (Å²) in [6, 6.07) is -0.378. The third-order valence-electron chi connectivity index (χ3n) is 2.79. The quantitative estimate of drug-likeness (QED) is 0.347. The molecule has 0 aromatic heterocycles. The minimum Gasteiger partial charge on any atom is -0.748 e. The van der Waals surface area contributed by atoms with E-state index in [1.54, 1.807) is 0 Å². The summed E-state index contributed by atoms with van der Waals surface area (Å²) in [5.41, 5.74) is 0. The van der Waals surface area contributed by atoms with Crippen molar-refractivity contribution in [2.45, 2.75) is 39.0 Å². The van der Waals surface area contributed by atoms with Gasteiger partial charge in [0, 0.05) is 18.3 Å². The average molecular weight is 298 g/mol. The zero-order valence-corrected chi connectivity index (χ0v) is 12.2. The van der Waals surface area contributed by atoms with Crippen LogP contribution in [0.4, 0.5) is 0 Å². The molecule has 116 valence electrons. The van der Waals surface area contributed by atoms with Gasteiger partial charge in [-0.05, 0) is 18.8 Å². The van der Waals surface area contributed by atoms with E-state index in [4.69, 9.17) is 5.11 Å². The van der Waals surface area contributed by atoms with Gasteiger partial charge in [0.1, 0.15) is 6.23 Å². The summed E-state index contributed by atoms with van der Waals surface area (Å²) in [5, 5.41) is 28.2. The maximum absolute atomic E-state index is 10.5. The van der Waals surface area contributed by atoms with E-state index in [-0.39, 0.29) is 38.1 Å². The molecule has 0 heterocycles. The normalized spacial score (nSPS) is 16.0. The first-order valence-corrected chi connectivity index (χ1v) is 7.88. The van der Waals surface area contributed by atoms with E-state index in [2.05, 4.69) is 0 Å². The van der Waals surface area contributed by atoms with Crippen molar-refractivity contribution >= 4 is 10.1 Å². The van der Waals surface area contributed by atoms with Crippen LogP contribution in [-0.2, 0) is 10.1 Å². The SMILES string of the molecule is CC(C)CC(CO)N(CCO)C(O)CCS(=O)(=O)[O-].